The van der Waals surface area contributed by atoms with Gasteiger partial charge < -0.3 is 15.3 Å². The van der Waals surface area contributed by atoms with E-state index in [2.05, 4.69) is 11.9 Å². The van der Waals surface area contributed by atoms with Gasteiger partial charge in [-0.2, -0.15) is 0 Å². The molecule has 4 nitrogen and oxygen atoms in total. The zero-order valence-corrected chi connectivity index (χ0v) is 10.8. The van der Waals surface area contributed by atoms with Crippen molar-refractivity contribution in [3.05, 3.63) is 5.21 Å². The lowest BCUT2D eigenvalue weighted by Crippen LogP contribution is -2.34. The summed E-state index contributed by atoms with van der Waals surface area (Å²) in [5, 5.41) is 19.9. The number of piperidine rings is 1. The fraction of sp³-hybridized carbons (Fsp3) is 1.00. The van der Waals surface area contributed by atoms with Crippen LogP contribution in [0, 0.1) is 17.0 Å². The molecular formula is C13H25N2O2-. The van der Waals surface area contributed by atoms with E-state index in [1.54, 1.807) is 0 Å². The van der Waals surface area contributed by atoms with Crippen molar-refractivity contribution in [3.8, 4) is 0 Å². The van der Waals surface area contributed by atoms with Gasteiger partial charge in [-0.3, -0.25) is 5.23 Å². The highest BCUT2D eigenvalue weighted by Crippen LogP contribution is 2.33. The lowest BCUT2D eigenvalue weighted by molar-refractivity contribution is -0.0923. The molecule has 1 N–H and O–H groups in total. The molecule has 0 atom stereocenters. The molecule has 1 heterocycles. The molecule has 0 aromatic heterocycles. The summed E-state index contributed by atoms with van der Waals surface area (Å²) in [5.74, 6) is 1.69. The first-order valence-electron chi connectivity index (χ1n) is 6.99. The van der Waals surface area contributed by atoms with Crippen LogP contribution in [0.4, 0.5) is 0 Å². The molecule has 1 saturated carbocycles. The Morgan fingerprint density at radius 2 is 1.59 bits per heavy atom. The second-order valence-electron chi connectivity index (χ2n) is 5.96. The highest BCUT2D eigenvalue weighted by molar-refractivity contribution is 4.80. The average Bonchev–Trinajstić information content (AvgIpc) is 2.33. The van der Waals surface area contributed by atoms with Gasteiger partial charge in [0.1, 0.15) is 0 Å². The quantitative estimate of drug-likeness (QED) is 0.771. The molecule has 2 fully saturated rings. The van der Waals surface area contributed by atoms with E-state index in [0.29, 0.717) is 0 Å². The number of hydroxylamine groups is 2. The van der Waals surface area contributed by atoms with Gasteiger partial charge in [0.15, 0.2) is 0 Å². The SMILES string of the molecule is CN1CCC(CC2CCC(N([O-])O)CC2)CC1. The van der Waals surface area contributed by atoms with Gasteiger partial charge in [-0.05, 0) is 76.9 Å². The monoisotopic (exact) mass is 241 g/mol. The van der Waals surface area contributed by atoms with Crippen molar-refractivity contribution < 1.29 is 5.21 Å². The van der Waals surface area contributed by atoms with Crippen LogP contribution in [0.3, 0.4) is 0 Å². The summed E-state index contributed by atoms with van der Waals surface area (Å²) in [6.07, 6.45) is 8.00. The molecule has 0 bridgehead atoms. The molecule has 0 spiro atoms. The summed E-state index contributed by atoms with van der Waals surface area (Å²) in [6.45, 7) is 2.48. The van der Waals surface area contributed by atoms with Gasteiger partial charge in [0, 0.05) is 6.04 Å². The number of likely N-dealkylation sites (tertiary alicyclic amines) is 1. The van der Waals surface area contributed by atoms with Crippen LogP contribution in [0.1, 0.15) is 44.9 Å². The molecule has 1 aliphatic carbocycles. The minimum atomic E-state index is -0.135. The fourth-order valence-electron chi connectivity index (χ4n) is 3.37. The Morgan fingerprint density at radius 1 is 1.06 bits per heavy atom. The Balaban J connectivity index is 1.67. The maximum Gasteiger partial charge on any atom is 0.0217 e. The van der Waals surface area contributed by atoms with E-state index in [9.17, 15) is 5.21 Å². The van der Waals surface area contributed by atoms with Crippen molar-refractivity contribution >= 4 is 0 Å². The van der Waals surface area contributed by atoms with Crippen molar-refractivity contribution in [1.82, 2.24) is 10.1 Å². The first kappa shape index (κ1) is 13.3. The van der Waals surface area contributed by atoms with Gasteiger partial charge in [-0.25, -0.2) is 0 Å². The largest absolute Gasteiger partial charge is 0.762 e. The summed E-state index contributed by atoms with van der Waals surface area (Å²) in [5.41, 5.74) is 0. The van der Waals surface area contributed by atoms with E-state index in [4.69, 9.17) is 5.21 Å². The third kappa shape index (κ3) is 3.91. The molecule has 1 saturated heterocycles. The minimum absolute atomic E-state index is 0.135. The topological polar surface area (TPSA) is 49.8 Å². The predicted molar refractivity (Wildman–Crippen MR) is 67.6 cm³/mol. The number of hydrogen-bond acceptors (Lipinski definition) is 4. The highest BCUT2D eigenvalue weighted by atomic mass is 16.8. The van der Waals surface area contributed by atoms with Gasteiger partial charge in [0.25, 0.3) is 0 Å². The molecule has 0 aromatic rings. The van der Waals surface area contributed by atoms with Crippen molar-refractivity contribution in [1.29, 1.82) is 0 Å². The standard InChI is InChI=1S/C13H25N2O2/c1-14-8-6-12(7-9-14)10-11-2-4-13(5-3-11)15(16)17/h11-13,16H,2-10H2,1H3/q-1. The fourth-order valence-corrected chi connectivity index (χ4v) is 3.37. The number of rotatable bonds is 3. The van der Waals surface area contributed by atoms with Crippen molar-refractivity contribution in [2.75, 3.05) is 20.1 Å². The Bertz CT molecular complexity index is 219. The summed E-state index contributed by atoms with van der Waals surface area (Å²) in [7, 11) is 2.20. The van der Waals surface area contributed by atoms with E-state index in [1.807, 2.05) is 0 Å². The molecule has 2 rings (SSSR count). The lowest BCUT2D eigenvalue weighted by Gasteiger charge is -2.38. The van der Waals surface area contributed by atoms with Crippen molar-refractivity contribution in [2.45, 2.75) is 51.0 Å². The molecule has 0 radical (unpaired) electrons. The molecule has 100 valence electrons. The summed E-state index contributed by atoms with van der Waals surface area (Å²) < 4.78 is 0. The molecule has 17 heavy (non-hydrogen) atoms. The summed E-state index contributed by atoms with van der Waals surface area (Å²) in [6, 6.07) is -0.135. The maximum absolute atomic E-state index is 10.8. The third-order valence-electron chi connectivity index (χ3n) is 4.63. The predicted octanol–water partition coefficient (Wildman–Crippen LogP) is 2.47. The molecule has 2 aliphatic rings. The average molecular weight is 241 g/mol. The van der Waals surface area contributed by atoms with E-state index in [0.717, 1.165) is 37.5 Å². The number of hydrogen-bond donors (Lipinski definition) is 1. The van der Waals surface area contributed by atoms with Crippen molar-refractivity contribution in [3.63, 3.8) is 0 Å². The molecule has 0 aromatic carbocycles. The molecule has 1 aliphatic heterocycles. The summed E-state index contributed by atoms with van der Waals surface area (Å²) >= 11 is 0. The maximum atomic E-state index is 10.8. The lowest BCUT2D eigenvalue weighted by atomic mass is 9.78. The highest BCUT2D eigenvalue weighted by Gasteiger charge is 2.25. The second kappa shape index (κ2) is 6.14. The van der Waals surface area contributed by atoms with E-state index in [-0.39, 0.29) is 11.3 Å². The van der Waals surface area contributed by atoms with Crippen LogP contribution >= 0.6 is 0 Å². The Morgan fingerprint density at radius 3 is 2.12 bits per heavy atom. The first-order chi connectivity index (χ1) is 8.15. The molecule has 4 heteroatoms. The molecule has 0 unspecified atom stereocenters. The van der Waals surface area contributed by atoms with Gasteiger partial charge in [-0.1, -0.05) is 0 Å². The zero-order chi connectivity index (χ0) is 12.3. The van der Waals surface area contributed by atoms with Gasteiger partial charge >= 0.3 is 0 Å². The Kier molecular flexibility index (Phi) is 4.79. The molecule has 0 amide bonds. The van der Waals surface area contributed by atoms with Crippen LogP contribution in [0.25, 0.3) is 0 Å². The van der Waals surface area contributed by atoms with Crippen molar-refractivity contribution in [2.24, 2.45) is 11.8 Å². The smallest absolute Gasteiger partial charge is 0.0217 e. The van der Waals surface area contributed by atoms with Crippen LogP contribution in [0.5, 0.6) is 0 Å². The van der Waals surface area contributed by atoms with E-state index < -0.39 is 0 Å². The van der Waals surface area contributed by atoms with Crippen LogP contribution < -0.4 is 0 Å². The van der Waals surface area contributed by atoms with E-state index in [1.165, 1.54) is 32.4 Å². The van der Waals surface area contributed by atoms with Gasteiger partial charge in [0.2, 0.25) is 0 Å². The Hall–Kier alpha value is -0.160. The first-order valence-corrected chi connectivity index (χ1v) is 6.99. The summed E-state index contributed by atoms with van der Waals surface area (Å²) in [4.78, 5) is 2.41. The van der Waals surface area contributed by atoms with Crippen LogP contribution in [-0.4, -0.2) is 41.5 Å². The normalized spacial score (nSPS) is 33.2. The van der Waals surface area contributed by atoms with Gasteiger partial charge in [0.05, 0.1) is 0 Å². The second-order valence-corrected chi connectivity index (χ2v) is 5.96. The van der Waals surface area contributed by atoms with Crippen LogP contribution in [0.15, 0.2) is 0 Å². The van der Waals surface area contributed by atoms with Crippen LogP contribution in [0.2, 0.25) is 0 Å². The van der Waals surface area contributed by atoms with Crippen LogP contribution in [-0.2, 0) is 0 Å². The van der Waals surface area contributed by atoms with Gasteiger partial charge in [-0.15, -0.1) is 0 Å². The van der Waals surface area contributed by atoms with E-state index >= 15 is 0 Å². The number of nitrogens with zero attached hydrogens (tertiary/aromatic N) is 2. The third-order valence-corrected chi connectivity index (χ3v) is 4.63. The Labute approximate surface area is 104 Å². The minimum Gasteiger partial charge on any atom is -0.762 e. The molecular weight excluding hydrogens is 216 g/mol. The zero-order valence-electron chi connectivity index (χ0n) is 10.8.